The van der Waals surface area contributed by atoms with Gasteiger partial charge in [0.15, 0.2) is 0 Å². The number of carbonyl (C=O) groups excluding carboxylic acids is 1. The second-order valence-corrected chi connectivity index (χ2v) is 6.17. The van der Waals surface area contributed by atoms with E-state index in [9.17, 15) is 9.59 Å². The zero-order valence-electron chi connectivity index (χ0n) is 12.6. The van der Waals surface area contributed by atoms with E-state index in [4.69, 9.17) is 9.84 Å². The highest BCUT2D eigenvalue weighted by Gasteiger charge is 2.25. The third-order valence-electron chi connectivity index (χ3n) is 3.54. The molecule has 0 aromatic carbocycles. The molecule has 6 nitrogen and oxygen atoms in total. The molecule has 0 radical (unpaired) electrons. The highest BCUT2D eigenvalue weighted by Crippen LogP contribution is 2.16. The molecular weight excluding hydrogens is 260 g/mol. The van der Waals surface area contributed by atoms with Crippen LogP contribution in [0.2, 0.25) is 0 Å². The lowest BCUT2D eigenvalue weighted by atomic mass is 9.98. The zero-order valence-corrected chi connectivity index (χ0v) is 12.6. The first-order valence-electron chi connectivity index (χ1n) is 7.13. The molecule has 0 aromatic rings. The van der Waals surface area contributed by atoms with Gasteiger partial charge in [-0.3, -0.25) is 4.79 Å². The van der Waals surface area contributed by atoms with Crippen molar-refractivity contribution in [3.63, 3.8) is 0 Å². The van der Waals surface area contributed by atoms with Gasteiger partial charge in [-0.05, 0) is 33.1 Å². The quantitative estimate of drug-likeness (QED) is 0.779. The molecule has 2 amide bonds. The zero-order chi connectivity index (χ0) is 15.2. The molecule has 1 rings (SSSR count). The summed E-state index contributed by atoms with van der Waals surface area (Å²) in [5, 5.41) is 11.6. The summed E-state index contributed by atoms with van der Waals surface area (Å²) in [4.78, 5) is 24.3. The highest BCUT2D eigenvalue weighted by molar-refractivity contribution is 5.75. The van der Waals surface area contributed by atoms with Gasteiger partial charge in [-0.1, -0.05) is 0 Å². The third kappa shape index (κ3) is 6.23. The van der Waals surface area contributed by atoms with Gasteiger partial charge in [0.05, 0.1) is 6.61 Å². The lowest BCUT2D eigenvalue weighted by molar-refractivity contribution is -0.137. The van der Waals surface area contributed by atoms with Gasteiger partial charge in [-0.25, -0.2) is 4.79 Å². The van der Waals surface area contributed by atoms with Gasteiger partial charge in [0.1, 0.15) is 0 Å². The maximum Gasteiger partial charge on any atom is 0.317 e. The summed E-state index contributed by atoms with van der Waals surface area (Å²) in [6.45, 7) is 5.87. The van der Waals surface area contributed by atoms with Crippen LogP contribution < -0.4 is 5.32 Å². The number of aliphatic carboxylic acids is 1. The Bertz CT molecular complexity index is 338. The Balaban J connectivity index is 2.37. The molecule has 0 aliphatic carbocycles. The molecule has 0 aromatic heterocycles. The van der Waals surface area contributed by atoms with Crippen LogP contribution in [0.1, 0.15) is 39.5 Å². The van der Waals surface area contributed by atoms with Crippen LogP contribution in [-0.2, 0) is 9.53 Å². The maximum absolute atomic E-state index is 12.1. The largest absolute Gasteiger partial charge is 0.481 e. The number of rotatable bonds is 6. The van der Waals surface area contributed by atoms with Gasteiger partial charge in [-0.15, -0.1) is 0 Å². The lowest BCUT2D eigenvalue weighted by Gasteiger charge is -2.31. The molecule has 1 aliphatic rings. The summed E-state index contributed by atoms with van der Waals surface area (Å²) in [6, 6.07) is -0.161. The monoisotopic (exact) mass is 286 g/mol. The van der Waals surface area contributed by atoms with Crippen molar-refractivity contribution in [1.29, 1.82) is 0 Å². The Kier molecular flexibility index (Phi) is 6.26. The Hall–Kier alpha value is -1.30. The molecule has 1 atom stereocenters. The van der Waals surface area contributed by atoms with E-state index in [1.807, 2.05) is 13.8 Å². The molecule has 0 spiro atoms. The van der Waals surface area contributed by atoms with Crippen molar-refractivity contribution in [2.45, 2.75) is 45.1 Å². The summed E-state index contributed by atoms with van der Waals surface area (Å²) < 4.78 is 5.40. The molecule has 2 N–H and O–H groups in total. The van der Waals surface area contributed by atoms with Gasteiger partial charge < -0.3 is 20.1 Å². The molecule has 1 unspecified atom stereocenters. The van der Waals surface area contributed by atoms with Crippen molar-refractivity contribution in [2.24, 2.45) is 5.92 Å². The number of nitrogens with zero attached hydrogens (tertiary/aromatic N) is 1. The fourth-order valence-electron chi connectivity index (χ4n) is 2.29. The number of ether oxygens (including phenoxy) is 1. The van der Waals surface area contributed by atoms with E-state index in [0.717, 1.165) is 19.4 Å². The predicted molar refractivity (Wildman–Crippen MR) is 75.7 cm³/mol. The van der Waals surface area contributed by atoms with E-state index >= 15 is 0 Å². The van der Waals surface area contributed by atoms with Gasteiger partial charge in [0.25, 0.3) is 0 Å². The van der Waals surface area contributed by atoms with Gasteiger partial charge in [0, 0.05) is 38.1 Å². The molecule has 1 saturated heterocycles. The average molecular weight is 286 g/mol. The minimum Gasteiger partial charge on any atom is -0.481 e. The Morgan fingerprint density at radius 2 is 2.15 bits per heavy atom. The molecule has 1 aliphatic heterocycles. The summed E-state index contributed by atoms with van der Waals surface area (Å²) in [5.74, 6) is -0.457. The Morgan fingerprint density at radius 3 is 2.70 bits per heavy atom. The summed E-state index contributed by atoms with van der Waals surface area (Å²) in [5.41, 5.74) is -0.521. The summed E-state index contributed by atoms with van der Waals surface area (Å²) in [6.07, 6.45) is 2.59. The van der Waals surface area contributed by atoms with Crippen molar-refractivity contribution < 1.29 is 19.4 Å². The molecule has 0 saturated carbocycles. The first kappa shape index (κ1) is 16.8. The van der Waals surface area contributed by atoms with E-state index in [2.05, 4.69) is 5.32 Å². The van der Waals surface area contributed by atoms with Crippen LogP contribution >= 0.6 is 0 Å². The van der Waals surface area contributed by atoms with E-state index in [-0.39, 0.29) is 12.5 Å². The average Bonchev–Trinajstić information content (AvgIpc) is 2.37. The van der Waals surface area contributed by atoms with E-state index in [1.165, 1.54) is 0 Å². The summed E-state index contributed by atoms with van der Waals surface area (Å²) >= 11 is 0. The number of carbonyl (C=O) groups is 2. The van der Waals surface area contributed by atoms with Crippen LogP contribution in [0.3, 0.4) is 0 Å². The molecule has 116 valence electrons. The van der Waals surface area contributed by atoms with Crippen LogP contribution in [-0.4, -0.2) is 54.4 Å². The maximum atomic E-state index is 12.1. The van der Waals surface area contributed by atoms with Gasteiger partial charge in [0.2, 0.25) is 0 Å². The number of urea groups is 1. The second kappa shape index (κ2) is 7.47. The van der Waals surface area contributed by atoms with Gasteiger partial charge >= 0.3 is 12.0 Å². The number of carboxylic acids is 1. The lowest BCUT2D eigenvalue weighted by Crippen LogP contribution is -2.50. The molecule has 1 fully saturated rings. The number of hydrogen-bond acceptors (Lipinski definition) is 3. The molecule has 20 heavy (non-hydrogen) atoms. The van der Waals surface area contributed by atoms with Crippen molar-refractivity contribution in [3.8, 4) is 0 Å². The smallest absolute Gasteiger partial charge is 0.317 e. The van der Waals surface area contributed by atoms with Crippen LogP contribution in [0.15, 0.2) is 0 Å². The fraction of sp³-hybridized carbons (Fsp3) is 0.857. The van der Waals surface area contributed by atoms with E-state index < -0.39 is 11.5 Å². The Morgan fingerprint density at radius 1 is 1.45 bits per heavy atom. The molecule has 0 bridgehead atoms. The van der Waals surface area contributed by atoms with Crippen molar-refractivity contribution in [2.75, 3.05) is 26.8 Å². The van der Waals surface area contributed by atoms with Crippen LogP contribution in [0.4, 0.5) is 4.79 Å². The number of hydrogen-bond donors (Lipinski definition) is 2. The number of nitrogens with one attached hydrogen (secondary N) is 1. The Labute approximate surface area is 120 Å². The highest BCUT2D eigenvalue weighted by atomic mass is 16.5. The van der Waals surface area contributed by atoms with Crippen molar-refractivity contribution in [1.82, 2.24) is 10.2 Å². The third-order valence-corrected chi connectivity index (χ3v) is 3.54. The standard InChI is InChI=1S/C14H26N2O4/c1-14(2,7-6-12(17)18)15-13(19)16(3)9-11-5-4-8-20-10-11/h11H,4-10H2,1-3H3,(H,15,19)(H,17,18). The summed E-state index contributed by atoms with van der Waals surface area (Å²) in [7, 11) is 1.76. The van der Waals surface area contributed by atoms with Crippen molar-refractivity contribution in [3.05, 3.63) is 0 Å². The number of amides is 2. The first-order valence-corrected chi connectivity index (χ1v) is 7.13. The van der Waals surface area contributed by atoms with Crippen LogP contribution in [0, 0.1) is 5.92 Å². The SMILES string of the molecule is CN(CC1CCCOC1)C(=O)NC(C)(C)CCC(=O)O. The second-order valence-electron chi connectivity index (χ2n) is 6.17. The van der Waals surface area contributed by atoms with Gasteiger partial charge in [-0.2, -0.15) is 0 Å². The minimum atomic E-state index is -0.847. The van der Waals surface area contributed by atoms with Crippen LogP contribution in [0.5, 0.6) is 0 Å². The fourth-order valence-corrected chi connectivity index (χ4v) is 2.29. The topological polar surface area (TPSA) is 78.9 Å². The molecule has 1 heterocycles. The van der Waals surface area contributed by atoms with E-state index in [1.54, 1.807) is 11.9 Å². The molecular formula is C14H26N2O4. The minimum absolute atomic E-state index is 0.0491. The molecule has 6 heteroatoms. The number of carboxylic acid groups (broad SMARTS) is 1. The normalized spacial score (nSPS) is 19.4. The van der Waals surface area contributed by atoms with E-state index in [0.29, 0.717) is 25.5 Å². The predicted octanol–water partition coefficient (Wildman–Crippen LogP) is 1.70. The van der Waals surface area contributed by atoms with Crippen molar-refractivity contribution >= 4 is 12.0 Å². The van der Waals surface area contributed by atoms with Crippen LogP contribution in [0.25, 0.3) is 0 Å². The first-order chi connectivity index (χ1) is 9.30.